The third kappa shape index (κ3) is 6.24. The van der Waals surface area contributed by atoms with Crippen molar-refractivity contribution < 1.29 is 39.3 Å². The fourth-order valence-electron chi connectivity index (χ4n) is 4.46. The Kier molecular flexibility index (Phi) is 9.51. The van der Waals surface area contributed by atoms with Crippen LogP contribution in [0, 0.1) is 0 Å². The predicted molar refractivity (Wildman–Crippen MR) is 166 cm³/mol. The van der Waals surface area contributed by atoms with E-state index in [-0.39, 0.29) is 47.0 Å². The number of anilines is 1. The molecule has 0 saturated carbocycles. The number of nitrogens with one attached hydrogen (secondary N) is 2. The van der Waals surface area contributed by atoms with Gasteiger partial charge in [0.05, 0.1) is 25.1 Å². The van der Waals surface area contributed by atoms with Crippen molar-refractivity contribution in [1.82, 2.24) is 35.2 Å². The van der Waals surface area contributed by atoms with Crippen LogP contribution in [0.15, 0.2) is 39.1 Å². The molecule has 0 spiro atoms. The van der Waals surface area contributed by atoms with Crippen LogP contribution in [0.3, 0.4) is 0 Å². The van der Waals surface area contributed by atoms with Gasteiger partial charge in [0.1, 0.15) is 27.8 Å². The standard InChI is InChI=1S/C25H28N10O8S3/c1-25(2,23(42)32-27)43-33-15(13-9-46-24(26)30-13)19(38)31-16-20(39)34-17(22(40)41)11(8-45-21(16)34)7-44-14-3-12(6-37)29-18-10(5-36)4-28-35(14)18/h3-4,9,16,21,36-37H,5-8,27H2,1-2H3,(H2,26,30)(H,31,38)(H,32,42)(H,40,41)/b33-15-/t16?,21-/m1/s1. The highest BCUT2D eigenvalue weighted by Gasteiger charge is 2.54. The van der Waals surface area contributed by atoms with Crippen LogP contribution in [-0.2, 0) is 37.2 Å². The van der Waals surface area contributed by atoms with Crippen molar-refractivity contribution in [2.45, 2.75) is 49.1 Å². The zero-order valence-corrected chi connectivity index (χ0v) is 26.6. The predicted octanol–water partition coefficient (Wildman–Crippen LogP) is -1.23. The summed E-state index contributed by atoms with van der Waals surface area (Å²) in [4.78, 5) is 65.9. The van der Waals surface area contributed by atoms with E-state index in [0.29, 0.717) is 27.5 Å². The zero-order chi connectivity index (χ0) is 33.3. The van der Waals surface area contributed by atoms with Crippen LogP contribution in [0.4, 0.5) is 5.13 Å². The van der Waals surface area contributed by atoms with E-state index in [1.165, 1.54) is 53.5 Å². The smallest absolute Gasteiger partial charge is 0.352 e. The summed E-state index contributed by atoms with van der Waals surface area (Å²) in [5.74, 6) is 2.02. The Bertz CT molecular complexity index is 1790. The van der Waals surface area contributed by atoms with Crippen LogP contribution < -0.4 is 22.3 Å². The number of rotatable bonds is 12. The first kappa shape index (κ1) is 33.1. The average molecular weight is 693 g/mol. The number of nitrogens with zero attached hydrogens (tertiary/aromatic N) is 6. The summed E-state index contributed by atoms with van der Waals surface area (Å²) in [5, 5.41) is 41.4. The number of oxime groups is 1. The first-order valence-electron chi connectivity index (χ1n) is 13.3. The second kappa shape index (κ2) is 13.2. The number of aromatic nitrogens is 4. The maximum absolute atomic E-state index is 13.4. The average Bonchev–Trinajstić information content (AvgIpc) is 3.66. The molecule has 0 aliphatic carbocycles. The molecule has 9 N–H and O–H groups in total. The Balaban J connectivity index is 1.35. The maximum atomic E-state index is 13.4. The van der Waals surface area contributed by atoms with Gasteiger partial charge < -0.3 is 31.2 Å². The lowest BCUT2D eigenvalue weighted by molar-refractivity contribution is -0.150. The first-order valence-corrected chi connectivity index (χ1v) is 16.2. The van der Waals surface area contributed by atoms with E-state index in [1.54, 1.807) is 6.07 Å². The first-order chi connectivity index (χ1) is 21.9. The minimum atomic E-state index is -1.57. The van der Waals surface area contributed by atoms with E-state index in [1.807, 2.05) is 5.43 Å². The van der Waals surface area contributed by atoms with Gasteiger partial charge in [0.2, 0.25) is 5.60 Å². The highest BCUT2D eigenvalue weighted by atomic mass is 32.2. The molecule has 3 amide bonds. The lowest BCUT2D eigenvalue weighted by Gasteiger charge is -2.49. The van der Waals surface area contributed by atoms with Crippen molar-refractivity contribution >= 4 is 75.0 Å². The van der Waals surface area contributed by atoms with Gasteiger partial charge in [0.25, 0.3) is 17.7 Å². The lowest BCUT2D eigenvalue weighted by atomic mass is 10.0. The molecule has 0 radical (unpaired) electrons. The van der Waals surface area contributed by atoms with E-state index in [2.05, 4.69) is 25.5 Å². The number of thiazole rings is 1. The van der Waals surface area contributed by atoms with Crippen LogP contribution in [0.25, 0.3) is 5.65 Å². The summed E-state index contributed by atoms with van der Waals surface area (Å²) in [7, 11) is 0. The van der Waals surface area contributed by atoms with E-state index in [4.69, 9.17) is 16.4 Å². The molecular weight excluding hydrogens is 665 g/mol. The van der Waals surface area contributed by atoms with Crippen LogP contribution in [0.1, 0.15) is 30.8 Å². The second-order valence-corrected chi connectivity index (χ2v) is 13.3. The summed E-state index contributed by atoms with van der Waals surface area (Å²) in [6.45, 7) is 2.08. The van der Waals surface area contributed by atoms with E-state index >= 15 is 0 Å². The van der Waals surface area contributed by atoms with Crippen molar-refractivity contribution in [3.8, 4) is 0 Å². The molecule has 1 fully saturated rings. The summed E-state index contributed by atoms with van der Waals surface area (Å²) >= 11 is 3.52. The number of nitrogens with two attached hydrogens (primary N) is 2. The van der Waals surface area contributed by atoms with Gasteiger partial charge in [-0.15, -0.1) is 34.9 Å². The van der Waals surface area contributed by atoms with Crippen LogP contribution in [0.2, 0.25) is 0 Å². The zero-order valence-electron chi connectivity index (χ0n) is 24.2. The van der Waals surface area contributed by atoms with Crippen LogP contribution >= 0.6 is 34.9 Å². The molecule has 0 aromatic carbocycles. The second-order valence-electron chi connectivity index (χ2n) is 10.3. The number of β-lactam (4-membered cyclic amide) rings is 1. The molecule has 21 heteroatoms. The SMILES string of the molecule is CC(C)(O/N=C(\C(=O)NC1C(=O)N2C(C(=O)O)=C(CSc3cc(CO)nc4c(CO)cnn34)CS[C@H]12)c1csc(N)n1)C(=O)NN. The molecule has 1 saturated heterocycles. The fourth-order valence-corrected chi connectivity index (χ4v) is 7.52. The summed E-state index contributed by atoms with van der Waals surface area (Å²) in [6, 6.07) is 0.504. The summed E-state index contributed by atoms with van der Waals surface area (Å²) in [6.07, 6.45) is 1.45. The third-order valence-corrected chi connectivity index (χ3v) is 9.94. The van der Waals surface area contributed by atoms with Crippen LogP contribution in [-0.4, -0.2) is 97.7 Å². The number of fused-ring (bicyclic) bond motifs is 2. The molecular formula is C25H28N10O8S3. The Morgan fingerprint density at radius 3 is 2.65 bits per heavy atom. The van der Waals surface area contributed by atoms with Crippen molar-refractivity contribution in [3.63, 3.8) is 0 Å². The minimum absolute atomic E-state index is 0.0344. The molecule has 5 heterocycles. The molecule has 2 atom stereocenters. The molecule has 0 bridgehead atoms. The number of hydrazine groups is 1. The molecule has 2 aliphatic rings. The van der Waals surface area contributed by atoms with Gasteiger partial charge >= 0.3 is 5.97 Å². The monoisotopic (exact) mass is 692 g/mol. The molecule has 2 aliphatic heterocycles. The van der Waals surface area contributed by atoms with Gasteiger partial charge in [-0.1, -0.05) is 5.16 Å². The van der Waals surface area contributed by atoms with Gasteiger partial charge in [0, 0.05) is 22.4 Å². The van der Waals surface area contributed by atoms with Gasteiger partial charge in [-0.3, -0.25) is 24.7 Å². The number of aliphatic hydroxyl groups excluding tert-OH is 2. The molecule has 46 heavy (non-hydrogen) atoms. The molecule has 18 nitrogen and oxygen atoms in total. The molecule has 3 aromatic heterocycles. The summed E-state index contributed by atoms with van der Waals surface area (Å²) in [5.41, 5.74) is 7.18. The number of hydrogen-bond acceptors (Lipinski definition) is 16. The number of aliphatic hydroxyl groups is 2. The van der Waals surface area contributed by atoms with Gasteiger partial charge in [-0.25, -0.2) is 25.1 Å². The third-order valence-electron chi connectivity index (χ3n) is 6.85. The normalized spacial score (nSPS) is 18.3. The van der Waals surface area contributed by atoms with Gasteiger partial charge in [0.15, 0.2) is 16.5 Å². The number of carboxylic acids is 1. The van der Waals surface area contributed by atoms with Crippen molar-refractivity contribution in [2.24, 2.45) is 11.0 Å². The highest BCUT2D eigenvalue weighted by molar-refractivity contribution is 8.01. The van der Waals surface area contributed by atoms with E-state index in [0.717, 1.165) is 16.2 Å². The lowest BCUT2D eigenvalue weighted by Crippen LogP contribution is -2.71. The Morgan fingerprint density at radius 1 is 1.26 bits per heavy atom. The Labute approximate surface area is 272 Å². The number of aliphatic carboxylic acids is 1. The number of carboxylic acid groups (broad SMARTS) is 1. The Hall–Kier alpha value is -4.28. The summed E-state index contributed by atoms with van der Waals surface area (Å²) < 4.78 is 1.48. The van der Waals surface area contributed by atoms with Crippen molar-refractivity contribution in [2.75, 3.05) is 17.2 Å². The number of hydrogen-bond donors (Lipinski definition) is 7. The van der Waals surface area contributed by atoms with E-state index < -0.39 is 40.7 Å². The van der Waals surface area contributed by atoms with Crippen LogP contribution in [0.5, 0.6) is 0 Å². The Morgan fingerprint density at radius 2 is 2.02 bits per heavy atom. The fraction of sp³-hybridized carbons (Fsp3) is 0.360. The molecule has 5 rings (SSSR count). The van der Waals surface area contributed by atoms with Gasteiger partial charge in [-0.05, 0) is 25.5 Å². The maximum Gasteiger partial charge on any atom is 0.352 e. The highest BCUT2D eigenvalue weighted by Crippen LogP contribution is 2.41. The topological polar surface area (TPSA) is 273 Å². The number of nitrogen functional groups attached to an aromatic ring is 1. The van der Waals surface area contributed by atoms with E-state index in [9.17, 15) is 34.5 Å². The quantitative estimate of drug-likeness (QED) is 0.0223. The van der Waals surface area contributed by atoms with Crippen molar-refractivity contribution in [3.05, 3.63) is 45.9 Å². The number of carbonyl (C=O) groups excluding carboxylic acids is 3. The van der Waals surface area contributed by atoms with Gasteiger partial charge in [-0.2, -0.15) is 5.10 Å². The molecule has 1 unspecified atom stereocenters. The van der Waals surface area contributed by atoms with Crippen molar-refractivity contribution in [1.29, 1.82) is 0 Å². The molecule has 3 aromatic rings. The minimum Gasteiger partial charge on any atom is -0.477 e. The number of carbonyl (C=O) groups is 4. The molecule has 244 valence electrons. The largest absolute Gasteiger partial charge is 0.477 e. The number of thioether (sulfide) groups is 2. The number of amides is 3.